The summed E-state index contributed by atoms with van der Waals surface area (Å²) in [5, 5.41) is 6.46. The van der Waals surface area contributed by atoms with Gasteiger partial charge in [0.05, 0.1) is 30.7 Å². The average Bonchev–Trinajstić information content (AvgIpc) is 3.27. The Morgan fingerprint density at radius 1 is 0.625 bits per heavy atom. The van der Waals surface area contributed by atoms with Gasteiger partial charge in [0.15, 0.2) is 5.82 Å². The zero-order valence-electron chi connectivity index (χ0n) is 20.1. The topological polar surface area (TPSA) is 150 Å². The van der Waals surface area contributed by atoms with Gasteiger partial charge < -0.3 is 9.97 Å². The monoisotopic (exact) mass is 443 g/mol. The van der Waals surface area contributed by atoms with E-state index >= 15 is 0 Å². The van der Waals surface area contributed by atoms with Crippen molar-refractivity contribution in [3.63, 3.8) is 0 Å². The Morgan fingerprint density at radius 3 is 1.28 bits per heavy atom. The van der Waals surface area contributed by atoms with Gasteiger partial charge in [-0.15, -0.1) is 0 Å². The molecule has 32 heavy (non-hydrogen) atoms. The van der Waals surface area contributed by atoms with Gasteiger partial charge in [-0.2, -0.15) is 5.10 Å². The molecule has 0 aliphatic carbocycles. The molecule has 174 valence electrons. The van der Waals surface area contributed by atoms with Gasteiger partial charge in [-0.3, -0.25) is 19.5 Å². The largest absolute Gasteiger partial charge is 0.346 e. The van der Waals surface area contributed by atoms with E-state index in [1.54, 1.807) is 20.8 Å². The van der Waals surface area contributed by atoms with Crippen LogP contribution in [0, 0.1) is 34.6 Å². The average molecular weight is 444 g/mol. The first-order chi connectivity index (χ1) is 14.9. The number of nitrogens with zero attached hydrogens (tertiary/aromatic N) is 4. The van der Waals surface area contributed by atoms with Crippen molar-refractivity contribution in [1.82, 2.24) is 35.1 Å². The standard InChI is InChI=1S/2C8H12N2O.C6H9N3O/c2*1-5(11)4-8-6(2)9-7(3)10-8;1-4(10)3-6-7-5(2)8-9-6/h2*4H2,1-3H3,(H,9,10);3H2,1-2H3,(H,7,8,9). The van der Waals surface area contributed by atoms with Gasteiger partial charge in [-0.1, -0.05) is 0 Å². The molecule has 0 radical (unpaired) electrons. The molecule has 0 fully saturated rings. The number of carbonyl (C=O) groups excluding carboxylic acids is 3. The van der Waals surface area contributed by atoms with Gasteiger partial charge in [-0.25, -0.2) is 15.0 Å². The molecule has 0 saturated heterocycles. The van der Waals surface area contributed by atoms with Crippen LogP contribution in [0.3, 0.4) is 0 Å². The number of aryl methyl sites for hydroxylation is 5. The minimum absolute atomic E-state index is 0.0824. The number of aromatic nitrogens is 7. The third kappa shape index (κ3) is 10.1. The second kappa shape index (κ2) is 12.4. The fraction of sp³-hybridized carbons (Fsp3) is 0.500. The number of carbonyl (C=O) groups is 3. The molecule has 0 bridgehead atoms. The molecule has 0 atom stereocenters. The molecule has 3 aromatic rings. The summed E-state index contributed by atoms with van der Waals surface area (Å²) in [6, 6.07) is 0. The van der Waals surface area contributed by atoms with Crippen molar-refractivity contribution in [3.05, 3.63) is 46.1 Å². The third-order valence-corrected chi connectivity index (χ3v) is 4.09. The summed E-state index contributed by atoms with van der Waals surface area (Å²) in [6.07, 6.45) is 1.21. The number of H-pyrrole nitrogens is 3. The molecular weight excluding hydrogens is 410 g/mol. The molecule has 0 saturated carbocycles. The molecule has 3 rings (SSSR count). The molecule has 10 heteroatoms. The molecule has 0 aliphatic rings. The Kier molecular flexibility index (Phi) is 10.3. The van der Waals surface area contributed by atoms with E-state index in [0.29, 0.717) is 25.1 Å². The second-order valence-electron chi connectivity index (χ2n) is 7.76. The van der Waals surface area contributed by atoms with Crippen molar-refractivity contribution in [1.29, 1.82) is 0 Å². The van der Waals surface area contributed by atoms with E-state index in [1.807, 2.05) is 27.7 Å². The normalized spacial score (nSPS) is 10.0. The van der Waals surface area contributed by atoms with Crippen LogP contribution in [-0.2, 0) is 33.6 Å². The summed E-state index contributed by atoms with van der Waals surface area (Å²) in [5.74, 6) is 3.46. The van der Waals surface area contributed by atoms with Crippen LogP contribution in [0.25, 0.3) is 0 Å². The van der Waals surface area contributed by atoms with E-state index < -0.39 is 0 Å². The van der Waals surface area contributed by atoms with Gasteiger partial charge in [0.1, 0.15) is 34.8 Å². The highest BCUT2D eigenvalue weighted by atomic mass is 16.1. The Bertz CT molecular complexity index is 1000. The summed E-state index contributed by atoms with van der Waals surface area (Å²) in [7, 11) is 0. The van der Waals surface area contributed by atoms with Gasteiger partial charge in [0, 0.05) is 11.4 Å². The van der Waals surface area contributed by atoms with E-state index in [1.165, 1.54) is 6.92 Å². The van der Waals surface area contributed by atoms with Crippen molar-refractivity contribution in [2.24, 2.45) is 0 Å². The van der Waals surface area contributed by atoms with E-state index in [2.05, 4.69) is 35.1 Å². The first-order valence-electron chi connectivity index (χ1n) is 10.3. The highest BCUT2D eigenvalue weighted by Gasteiger charge is 2.06. The molecule has 0 aliphatic heterocycles. The number of hydrogen-bond acceptors (Lipinski definition) is 7. The van der Waals surface area contributed by atoms with E-state index in [4.69, 9.17) is 0 Å². The summed E-state index contributed by atoms with van der Waals surface area (Å²) in [6.45, 7) is 14.1. The van der Waals surface area contributed by atoms with Gasteiger partial charge in [0.25, 0.3) is 0 Å². The summed E-state index contributed by atoms with van der Waals surface area (Å²) in [4.78, 5) is 50.4. The van der Waals surface area contributed by atoms with Crippen LogP contribution in [0.5, 0.6) is 0 Å². The first kappa shape index (κ1) is 26.6. The number of rotatable bonds is 6. The van der Waals surface area contributed by atoms with Crippen molar-refractivity contribution in [2.75, 3.05) is 0 Å². The van der Waals surface area contributed by atoms with Crippen molar-refractivity contribution >= 4 is 17.3 Å². The summed E-state index contributed by atoms with van der Waals surface area (Å²) >= 11 is 0. The molecule has 3 aromatic heterocycles. The predicted octanol–water partition coefficient (Wildman–Crippen LogP) is 2.56. The van der Waals surface area contributed by atoms with Crippen LogP contribution < -0.4 is 0 Å². The molecule has 0 unspecified atom stereocenters. The predicted molar refractivity (Wildman–Crippen MR) is 120 cm³/mol. The van der Waals surface area contributed by atoms with E-state index in [-0.39, 0.29) is 17.3 Å². The van der Waals surface area contributed by atoms with E-state index in [0.717, 1.165) is 40.2 Å². The fourth-order valence-corrected chi connectivity index (χ4v) is 2.82. The van der Waals surface area contributed by atoms with Crippen LogP contribution >= 0.6 is 0 Å². The van der Waals surface area contributed by atoms with E-state index in [9.17, 15) is 14.4 Å². The molecular formula is C22H33N7O3. The first-order valence-corrected chi connectivity index (χ1v) is 10.3. The number of hydrogen-bond donors (Lipinski definition) is 3. The minimum atomic E-state index is 0.0824. The second-order valence-corrected chi connectivity index (χ2v) is 7.76. The molecule has 0 spiro atoms. The van der Waals surface area contributed by atoms with Crippen molar-refractivity contribution in [3.8, 4) is 0 Å². The fourth-order valence-electron chi connectivity index (χ4n) is 2.82. The number of nitrogens with one attached hydrogen (secondary N) is 3. The molecule has 0 amide bonds. The van der Waals surface area contributed by atoms with Crippen LogP contribution in [-0.4, -0.2) is 52.5 Å². The number of imidazole rings is 2. The van der Waals surface area contributed by atoms with Crippen LogP contribution in [0.1, 0.15) is 66.8 Å². The maximum absolute atomic E-state index is 10.7. The number of aromatic amines is 3. The Hall–Kier alpha value is -3.43. The lowest BCUT2D eigenvalue weighted by Gasteiger charge is -1.90. The zero-order chi connectivity index (χ0) is 24.4. The Balaban J connectivity index is 0.000000240. The molecule has 10 nitrogen and oxygen atoms in total. The van der Waals surface area contributed by atoms with Gasteiger partial charge in [-0.05, 0) is 55.4 Å². The smallest absolute Gasteiger partial charge is 0.158 e. The third-order valence-electron chi connectivity index (χ3n) is 4.09. The molecule has 3 heterocycles. The summed E-state index contributed by atoms with van der Waals surface area (Å²) < 4.78 is 0. The Labute approximate surface area is 188 Å². The maximum Gasteiger partial charge on any atom is 0.158 e. The van der Waals surface area contributed by atoms with Crippen LogP contribution in [0.2, 0.25) is 0 Å². The van der Waals surface area contributed by atoms with Crippen molar-refractivity contribution < 1.29 is 14.4 Å². The lowest BCUT2D eigenvalue weighted by atomic mass is 10.2. The van der Waals surface area contributed by atoms with Crippen LogP contribution in [0.4, 0.5) is 0 Å². The van der Waals surface area contributed by atoms with Crippen molar-refractivity contribution in [2.45, 2.75) is 74.7 Å². The van der Waals surface area contributed by atoms with Gasteiger partial charge >= 0.3 is 0 Å². The minimum Gasteiger partial charge on any atom is -0.346 e. The highest BCUT2D eigenvalue weighted by Crippen LogP contribution is 2.05. The zero-order valence-corrected chi connectivity index (χ0v) is 20.1. The Morgan fingerprint density at radius 2 is 1.03 bits per heavy atom. The maximum atomic E-state index is 10.7. The molecule has 0 aromatic carbocycles. The van der Waals surface area contributed by atoms with Crippen LogP contribution in [0.15, 0.2) is 0 Å². The lowest BCUT2D eigenvalue weighted by molar-refractivity contribution is -0.117. The lowest BCUT2D eigenvalue weighted by Crippen LogP contribution is -1.98. The highest BCUT2D eigenvalue weighted by molar-refractivity contribution is 5.78. The number of Topliss-reactive ketones (excluding diaryl/α,β-unsaturated/α-hetero) is 3. The SMILES string of the molecule is CC(=O)Cc1n[nH]c(C)n1.CC(=O)Cc1nc(C)[nH]c1C.CC(=O)Cc1nc(C)[nH]c1C. The molecule has 3 N–H and O–H groups in total. The quantitative estimate of drug-likeness (QED) is 0.530. The summed E-state index contributed by atoms with van der Waals surface area (Å²) in [5.41, 5.74) is 3.74. The number of ketones is 3. The van der Waals surface area contributed by atoms with Gasteiger partial charge in [0.2, 0.25) is 0 Å².